The van der Waals surface area contributed by atoms with Crippen molar-refractivity contribution in [3.05, 3.63) is 58.6 Å². The molecule has 3 atom stereocenters. The predicted octanol–water partition coefficient (Wildman–Crippen LogP) is 5.77. The smallest absolute Gasteiger partial charge is 0.258 e. The van der Waals surface area contributed by atoms with Crippen molar-refractivity contribution in [1.82, 2.24) is 5.32 Å². The van der Waals surface area contributed by atoms with E-state index in [1.807, 2.05) is 6.07 Å². The van der Waals surface area contributed by atoms with Crippen LogP contribution in [-0.2, 0) is 4.79 Å². The molecule has 0 aromatic heterocycles. The van der Waals surface area contributed by atoms with Gasteiger partial charge in [0, 0.05) is 35.2 Å². The molecule has 2 fully saturated rings. The highest BCUT2D eigenvalue weighted by Gasteiger charge is 2.38. The van der Waals surface area contributed by atoms with Crippen molar-refractivity contribution in [2.24, 2.45) is 23.5 Å². The number of carbonyl (C=O) groups is 3. The Hall–Kier alpha value is -2.90. The summed E-state index contributed by atoms with van der Waals surface area (Å²) < 4.78 is 0. The molecule has 1 heterocycles. The number of nitrogens with one attached hydrogen (secondary N) is 2. The first-order valence-corrected chi connectivity index (χ1v) is 14.8. The van der Waals surface area contributed by atoms with Crippen LogP contribution in [-0.4, -0.2) is 36.9 Å². The minimum Gasteiger partial charge on any atom is -0.352 e. The Labute approximate surface area is 235 Å². The van der Waals surface area contributed by atoms with Gasteiger partial charge in [0.05, 0.1) is 11.4 Å². The van der Waals surface area contributed by atoms with E-state index in [1.54, 1.807) is 41.3 Å². The molecule has 2 aromatic rings. The molecule has 39 heavy (non-hydrogen) atoms. The molecule has 3 aliphatic rings. The lowest BCUT2D eigenvalue weighted by Crippen LogP contribution is -2.46. The van der Waals surface area contributed by atoms with Crippen molar-refractivity contribution in [3.63, 3.8) is 0 Å². The Morgan fingerprint density at radius 2 is 1.67 bits per heavy atom. The predicted molar refractivity (Wildman–Crippen MR) is 155 cm³/mol. The van der Waals surface area contributed by atoms with Crippen LogP contribution in [0.4, 0.5) is 11.4 Å². The molecule has 4 N–H and O–H groups in total. The van der Waals surface area contributed by atoms with Crippen LogP contribution in [0, 0.1) is 17.8 Å². The summed E-state index contributed by atoms with van der Waals surface area (Å²) in [6.45, 7) is 1.31. The highest BCUT2D eigenvalue weighted by Crippen LogP contribution is 2.39. The lowest BCUT2D eigenvalue weighted by molar-refractivity contribution is -0.116. The zero-order valence-electron chi connectivity index (χ0n) is 22.5. The van der Waals surface area contributed by atoms with Gasteiger partial charge in [0.2, 0.25) is 5.91 Å². The third-order valence-electron chi connectivity index (χ3n) is 8.80. The maximum atomic E-state index is 14.0. The average Bonchev–Trinajstić information content (AvgIpc) is 3.11. The van der Waals surface area contributed by atoms with Crippen molar-refractivity contribution in [2.75, 3.05) is 23.3 Å². The van der Waals surface area contributed by atoms with Crippen LogP contribution in [0.1, 0.15) is 84.9 Å². The fourth-order valence-corrected chi connectivity index (χ4v) is 6.80. The van der Waals surface area contributed by atoms with E-state index in [-0.39, 0.29) is 36.1 Å². The molecule has 2 aliphatic carbocycles. The molecule has 3 unspecified atom stereocenters. The van der Waals surface area contributed by atoms with Gasteiger partial charge in [0.1, 0.15) is 0 Å². The van der Waals surface area contributed by atoms with Gasteiger partial charge in [0.15, 0.2) is 0 Å². The van der Waals surface area contributed by atoms with Crippen LogP contribution >= 0.6 is 11.6 Å². The van der Waals surface area contributed by atoms with Gasteiger partial charge < -0.3 is 21.3 Å². The summed E-state index contributed by atoms with van der Waals surface area (Å²) in [5.41, 5.74) is 7.99. The summed E-state index contributed by atoms with van der Waals surface area (Å²) in [7, 11) is 0. The van der Waals surface area contributed by atoms with Gasteiger partial charge in [-0.25, -0.2) is 0 Å². The largest absolute Gasteiger partial charge is 0.352 e. The van der Waals surface area contributed by atoms with Gasteiger partial charge in [-0.15, -0.1) is 0 Å². The quantitative estimate of drug-likeness (QED) is 0.424. The number of nitrogens with zero attached hydrogens (tertiary/aromatic N) is 1. The lowest BCUT2D eigenvalue weighted by atomic mass is 9.81. The molecule has 5 rings (SSSR count). The van der Waals surface area contributed by atoms with E-state index in [0.29, 0.717) is 52.4 Å². The van der Waals surface area contributed by atoms with E-state index in [2.05, 4.69) is 10.6 Å². The third-order valence-corrected chi connectivity index (χ3v) is 9.05. The number of carbonyl (C=O) groups excluding carboxylic acids is 3. The maximum absolute atomic E-state index is 14.0. The Kier molecular flexibility index (Phi) is 8.88. The van der Waals surface area contributed by atoms with Crippen molar-refractivity contribution in [1.29, 1.82) is 0 Å². The number of hydrogen-bond acceptors (Lipinski definition) is 4. The Balaban J connectivity index is 1.42. The number of fused-ring (bicyclic) bond motifs is 1. The zero-order valence-corrected chi connectivity index (χ0v) is 23.2. The van der Waals surface area contributed by atoms with Crippen LogP contribution in [0.15, 0.2) is 42.5 Å². The molecule has 8 heteroatoms. The molecule has 2 saturated carbocycles. The Morgan fingerprint density at radius 3 is 2.41 bits per heavy atom. The first-order chi connectivity index (χ1) is 18.9. The third kappa shape index (κ3) is 6.47. The summed E-state index contributed by atoms with van der Waals surface area (Å²) in [4.78, 5) is 42.1. The van der Waals surface area contributed by atoms with Crippen molar-refractivity contribution in [3.8, 4) is 0 Å². The van der Waals surface area contributed by atoms with Crippen LogP contribution in [0.5, 0.6) is 0 Å². The molecule has 0 saturated heterocycles. The number of hydrogen-bond donors (Lipinski definition) is 3. The lowest BCUT2D eigenvalue weighted by Gasteiger charge is -2.37. The number of anilines is 2. The molecular weight excluding hydrogens is 512 g/mol. The number of rotatable bonds is 6. The summed E-state index contributed by atoms with van der Waals surface area (Å²) in [6, 6.07) is 11.9. The van der Waals surface area contributed by atoms with Gasteiger partial charge in [-0.05, 0) is 98.9 Å². The standard InChI is InChI=1S/C31H39ClN4O3/c32-25-12-9-23(10-13-25)31(39)36-27-14-11-24(30(38)34-19-21-6-4-5-20(15-21)18-33)16-26(27)35-29(37)17-28(36)22-7-2-1-3-8-22/h9-14,16,20-22,28H,1-8,15,17-19,33H2,(H,34,38)(H,35,37). The monoisotopic (exact) mass is 550 g/mol. The molecule has 2 aromatic carbocycles. The van der Waals surface area contributed by atoms with Crippen LogP contribution in [0.3, 0.4) is 0 Å². The molecule has 3 amide bonds. The summed E-state index contributed by atoms with van der Waals surface area (Å²) in [5.74, 6) is 0.730. The van der Waals surface area contributed by atoms with Gasteiger partial charge in [-0.1, -0.05) is 37.3 Å². The first kappa shape index (κ1) is 27.7. The van der Waals surface area contributed by atoms with Crippen LogP contribution in [0.2, 0.25) is 5.02 Å². The number of nitrogens with two attached hydrogens (primary N) is 1. The van der Waals surface area contributed by atoms with Crippen LogP contribution in [0.25, 0.3) is 0 Å². The summed E-state index contributed by atoms with van der Waals surface area (Å²) >= 11 is 6.09. The molecule has 7 nitrogen and oxygen atoms in total. The summed E-state index contributed by atoms with van der Waals surface area (Å²) in [5, 5.41) is 6.65. The molecule has 1 aliphatic heterocycles. The second kappa shape index (κ2) is 12.5. The highest BCUT2D eigenvalue weighted by molar-refractivity contribution is 6.30. The molecule has 0 radical (unpaired) electrons. The van der Waals surface area contributed by atoms with E-state index in [1.165, 1.54) is 12.8 Å². The Bertz CT molecular complexity index is 1190. The van der Waals surface area contributed by atoms with Crippen molar-refractivity contribution in [2.45, 2.75) is 70.3 Å². The molecule has 0 bridgehead atoms. The van der Waals surface area contributed by atoms with E-state index < -0.39 is 0 Å². The van der Waals surface area contributed by atoms with E-state index in [4.69, 9.17) is 17.3 Å². The summed E-state index contributed by atoms with van der Waals surface area (Å²) in [6.07, 6.45) is 10.0. The van der Waals surface area contributed by atoms with Crippen molar-refractivity contribution < 1.29 is 14.4 Å². The second-order valence-corrected chi connectivity index (χ2v) is 11.9. The first-order valence-electron chi connectivity index (χ1n) is 14.4. The SMILES string of the molecule is NCC1CCCC(CNC(=O)c2ccc3c(c2)NC(=O)CC(C2CCCCC2)N3C(=O)c2ccc(Cl)cc2)C1. The number of halogens is 1. The highest BCUT2D eigenvalue weighted by atomic mass is 35.5. The van der Waals surface area contributed by atoms with E-state index >= 15 is 0 Å². The van der Waals surface area contributed by atoms with E-state index in [0.717, 1.165) is 44.9 Å². The topological polar surface area (TPSA) is 105 Å². The molecule has 208 valence electrons. The Morgan fingerprint density at radius 1 is 0.949 bits per heavy atom. The van der Waals surface area contributed by atoms with Gasteiger partial charge in [-0.2, -0.15) is 0 Å². The number of amides is 3. The second-order valence-electron chi connectivity index (χ2n) is 11.5. The fourth-order valence-electron chi connectivity index (χ4n) is 6.68. The average molecular weight is 551 g/mol. The zero-order chi connectivity index (χ0) is 27.4. The van der Waals surface area contributed by atoms with Gasteiger partial charge in [0.25, 0.3) is 11.8 Å². The van der Waals surface area contributed by atoms with E-state index in [9.17, 15) is 14.4 Å². The molecule has 0 spiro atoms. The van der Waals surface area contributed by atoms with Crippen molar-refractivity contribution >= 4 is 40.7 Å². The minimum atomic E-state index is -0.254. The fraction of sp³-hybridized carbons (Fsp3) is 0.516. The van der Waals surface area contributed by atoms with Crippen LogP contribution < -0.4 is 21.3 Å². The maximum Gasteiger partial charge on any atom is 0.258 e. The van der Waals surface area contributed by atoms with Gasteiger partial charge in [-0.3, -0.25) is 14.4 Å². The molecular formula is C31H39ClN4O3. The number of benzene rings is 2. The van der Waals surface area contributed by atoms with Gasteiger partial charge >= 0.3 is 0 Å². The minimum absolute atomic E-state index is 0.134. The normalized spacial score (nSPS) is 23.9.